The van der Waals surface area contributed by atoms with Crippen LogP contribution in [-0.2, 0) is 19.4 Å². The third kappa shape index (κ3) is 4.80. The van der Waals surface area contributed by atoms with Crippen molar-refractivity contribution in [1.29, 1.82) is 0 Å². The second-order valence-electron chi connectivity index (χ2n) is 4.79. The van der Waals surface area contributed by atoms with Crippen LogP contribution < -0.4 is 0 Å². The highest BCUT2D eigenvalue weighted by Gasteiger charge is 2.17. The molecule has 2 unspecified atom stereocenters. The maximum atomic E-state index is 10.2. The molecule has 2 atom stereocenters. The number of hydrogen-bond acceptors (Lipinski definition) is 3. The Hall–Kier alpha value is -0.000000000000000111. The van der Waals surface area contributed by atoms with Gasteiger partial charge in [-0.25, -0.2) is 0 Å². The largest absolute Gasteiger partial charge is 0.392 e. The Morgan fingerprint density at radius 1 is 1.37 bits per heavy atom. The molecule has 1 heterocycles. The Morgan fingerprint density at radius 3 is 2.58 bits per heavy atom. The summed E-state index contributed by atoms with van der Waals surface area (Å²) in [6.45, 7) is 9.42. The molecule has 0 amide bonds. The molecule has 1 aromatic heterocycles. The fraction of sp³-hybridized carbons (Fsp3) is 0.786. The highest BCUT2D eigenvalue weighted by molar-refractivity contribution is 9.10. The van der Waals surface area contributed by atoms with Crippen molar-refractivity contribution in [3.63, 3.8) is 0 Å². The zero-order chi connectivity index (χ0) is 14.4. The minimum absolute atomic E-state index is 0.304. The first kappa shape index (κ1) is 17.1. The predicted octanol–water partition coefficient (Wildman–Crippen LogP) is 3.66. The lowest BCUT2D eigenvalue weighted by Gasteiger charge is -2.14. The van der Waals surface area contributed by atoms with Gasteiger partial charge in [-0.3, -0.25) is 4.68 Å². The van der Waals surface area contributed by atoms with Gasteiger partial charge in [0.25, 0.3) is 0 Å². The van der Waals surface area contributed by atoms with Crippen LogP contribution in [0.3, 0.4) is 0 Å². The van der Waals surface area contributed by atoms with Crippen molar-refractivity contribution in [2.45, 2.75) is 64.9 Å². The van der Waals surface area contributed by atoms with E-state index in [-0.39, 0.29) is 6.10 Å². The van der Waals surface area contributed by atoms with Gasteiger partial charge in [-0.2, -0.15) is 16.9 Å². The zero-order valence-corrected chi connectivity index (χ0v) is 14.7. The number of aliphatic hydroxyl groups excluding tert-OH is 1. The first-order chi connectivity index (χ1) is 9.03. The molecule has 5 heteroatoms. The topological polar surface area (TPSA) is 38.0 Å². The molecule has 1 N–H and O–H groups in total. The van der Waals surface area contributed by atoms with E-state index in [1.54, 1.807) is 0 Å². The molecule has 0 spiro atoms. The second-order valence-corrected chi connectivity index (χ2v) is 7.05. The van der Waals surface area contributed by atoms with E-state index in [1.165, 1.54) is 0 Å². The SMILES string of the molecule is CCc1nn(CC)c(CC(O)CSC(C)CC)c1Br. The average Bonchev–Trinajstić information content (AvgIpc) is 2.72. The Morgan fingerprint density at radius 2 is 2.05 bits per heavy atom. The number of nitrogens with zero attached hydrogens (tertiary/aromatic N) is 2. The summed E-state index contributed by atoms with van der Waals surface area (Å²) in [7, 11) is 0. The molecule has 0 aliphatic rings. The Bertz CT molecular complexity index is 395. The Labute approximate surface area is 129 Å². The van der Waals surface area contributed by atoms with Crippen molar-refractivity contribution >= 4 is 27.7 Å². The van der Waals surface area contributed by atoms with Gasteiger partial charge in [0.05, 0.1) is 22.0 Å². The minimum Gasteiger partial charge on any atom is -0.392 e. The fourth-order valence-corrected chi connectivity index (χ4v) is 3.52. The third-order valence-corrected chi connectivity index (χ3v) is 5.67. The molecule has 3 nitrogen and oxygen atoms in total. The fourth-order valence-electron chi connectivity index (χ4n) is 1.89. The smallest absolute Gasteiger partial charge is 0.0766 e. The number of aliphatic hydroxyl groups is 1. The third-order valence-electron chi connectivity index (χ3n) is 3.27. The van der Waals surface area contributed by atoms with E-state index in [2.05, 4.69) is 48.7 Å². The van der Waals surface area contributed by atoms with E-state index in [0.717, 1.165) is 41.0 Å². The Kier molecular flexibility index (Phi) is 7.47. The quantitative estimate of drug-likeness (QED) is 0.778. The van der Waals surface area contributed by atoms with E-state index >= 15 is 0 Å². The lowest BCUT2D eigenvalue weighted by atomic mass is 10.2. The summed E-state index contributed by atoms with van der Waals surface area (Å²) in [5.41, 5.74) is 2.20. The minimum atomic E-state index is -0.304. The van der Waals surface area contributed by atoms with E-state index in [1.807, 2.05) is 16.4 Å². The summed E-state index contributed by atoms with van der Waals surface area (Å²) < 4.78 is 3.07. The summed E-state index contributed by atoms with van der Waals surface area (Å²) in [5, 5.41) is 15.4. The lowest BCUT2D eigenvalue weighted by molar-refractivity contribution is 0.196. The second kappa shape index (κ2) is 8.32. The zero-order valence-electron chi connectivity index (χ0n) is 12.3. The highest BCUT2D eigenvalue weighted by Crippen LogP contribution is 2.25. The van der Waals surface area contributed by atoms with Gasteiger partial charge >= 0.3 is 0 Å². The molecule has 1 aromatic rings. The van der Waals surface area contributed by atoms with Crippen molar-refractivity contribution < 1.29 is 5.11 Å². The van der Waals surface area contributed by atoms with Gasteiger partial charge in [0.15, 0.2) is 0 Å². The molecule has 110 valence electrons. The molecule has 0 fully saturated rings. The number of thioether (sulfide) groups is 1. The number of halogens is 1. The standard InChI is InChI=1S/C14H25BrN2OS/c1-5-10(4)19-9-11(18)8-13-14(15)12(6-2)16-17(13)7-3/h10-11,18H,5-9H2,1-4H3. The van der Waals surface area contributed by atoms with Gasteiger partial charge in [-0.1, -0.05) is 20.8 Å². The summed E-state index contributed by atoms with van der Waals surface area (Å²) in [4.78, 5) is 0. The molecular formula is C14H25BrN2OS. The summed E-state index contributed by atoms with van der Waals surface area (Å²) >= 11 is 5.46. The van der Waals surface area contributed by atoms with Crippen LogP contribution in [0, 0.1) is 0 Å². The van der Waals surface area contributed by atoms with Crippen LogP contribution >= 0.6 is 27.7 Å². The van der Waals surface area contributed by atoms with E-state index in [0.29, 0.717) is 11.7 Å². The number of aryl methyl sites for hydroxylation is 2. The van der Waals surface area contributed by atoms with Gasteiger partial charge < -0.3 is 5.11 Å². The molecular weight excluding hydrogens is 324 g/mol. The van der Waals surface area contributed by atoms with Gasteiger partial charge in [0.1, 0.15) is 0 Å². The molecule has 0 aromatic carbocycles. The van der Waals surface area contributed by atoms with Crippen molar-refractivity contribution in [3.8, 4) is 0 Å². The van der Waals surface area contributed by atoms with Crippen LogP contribution in [-0.4, -0.2) is 32.0 Å². The molecule has 0 radical (unpaired) electrons. The van der Waals surface area contributed by atoms with Crippen LogP contribution in [0.1, 0.15) is 45.5 Å². The first-order valence-corrected chi connectivity index (χ1v) is 8.91. The lowest BCUT2D eigenvalue weighted by Crippen LogP contribution is -2.18. The van der Waals surface area contributed by atoms with E-state index in [4.69, 9.17) is 0 Å². The van der Waals surface area contributed by atoms with Gasteiger partial charge in [0.2, 0.25) is 0 Å². The molecule has 0 saturated carbocycles. The van der Waals surface area contributed by atoms with Gasteiger partial charge in [-0.05, 0) is 35.7 Å². The normalized spacial score (nSPS) is 14.6. The van der Waals surface area contributed by atoms with E-state index < -0.39 is 0 Å². The molecule has 0 saturated heterocycles. The molecule has 0 bridgehead atoms. The molecule has 0 aliphatic heterocycles. The van der Waals surface area contributed by atoms with Crippen LogP contribution in [0.15, 0.2) is 4.47 Å². The van der Waals surface area contributed by atoms with Crippen molar-refractivity contribution in [1.82, 2.24) is 9.78 Å². The van der Waals surface area contributed by atoms with Crippen LogP contribution in [0.4, 0.5) is 0 Å². The number of aromatic nitrogens is 2. The maximum absolute atomic E-state index is 10.2. The van der Waals surface area contributed by atoms with Crippen LogP contribution in [0.5, 0.6) is 0 Å². The highest BCUT2D eigenvalue weighted by atomic mass is 79.9. The first-order valence-electron chi connectivity index (χ1n) is 7.07. The monoisotopic (exact) mass is 348 g/mol. The predicted molar refractivity (Wildman–Crippen MR) is 86.9 cm³/mol. The molecule has 0 aliphatic carbocycles. The maximum Gasteiger partial charge on any atom is 0.0766 e. The number of hydrogen-bond donors (Lipinski definition) is 1. The van der Waals surface area contributed by atoms with Crippen molar-refractivity contribution in [2.75, 3.05) is 5.75 Å². The Balaban J connectivity index is 2.67. The average molecular weight is 349 g/mol. The van der Waals surface area contributed by atoms with Crippen LogP contribution in [0.25, 0.3) is 0 Å². The van der Waals surface area contributed by atoms with Gasteiger partial charge in [-0.15, -0.1) is 0 Å². The summed E-state index contributed by atoms with van der Waals surface area (Å²) in [6.07, 6.45) is 2.43. The number of rotatable bonds is 8. The molecule has 19 heavy (non-hydrogen) atoms. The van der Waals surface area contributed by atoms with Crippen molar-refractivity contribution in [2.24, 2.45) is 0 Å². The van der Waals surface area contributed by atoms with E-state index in [9.17, 15) is 5.11 Å². The molecule has 1 rings (SSSR count). The summed E-state index contributed by atoms with van der Waals surface area (Å²) in [5.74, 6) is 0.789. The van der Waals surface area contributed by atoms with Gasteiger partial charge in [0, 0.05) is 24.0 Å². The summed E-state index contributed by atoms with van der Waals surface area (Å²) in [6, 6.07) is 0. The van der Waals surface area contributed by atoms with Crippen molar-refractivity contribution in [3.05, 3.63) is 15.9 Å². The van der Waals surface area contributed by atoms with Crippen LogP contribution in [0.2, 0.25) is 0 Å².